The van der Waals surface area contributed by atoms with Crippen LogP contribution in [0.2, 0.25) is 0 Å². The van der Waals surface area contributed by atoms with Gasteiger partial charge in [-0.25, -0.2) is 0 Å². The molecular weight excluding hydrogens is 540 g/mol. The van der Waals surface area contributed by atoms with Crippen LogP contribution >= 0.6 is 0 Å². The first-order chi connectivity index (χ1) is 21.3. The van der Waals surface area contributed by atoms with Crippen molar-refractivity contribution in [2.45, 2.75) is 71.6 Å². The van der Waals surface area contributed by atoms with E-state index in [9.17, 15) is 0 Å². The van der Waals surface area contributed by atoms with Crippen molar-refractivity contribution in [2.75, 3.05) is 0 Å². The minimum atomic E-state index is 0.00784. The standard InChI is InChI=1S/C45H42/c1-43(2,3)31-19-21-33-30(23-31)24-32(44(4,5)6)26-37(33)29-13-9-12-27(22-29)28-18-20-34-35-14-10-16-39-41(35)42-36(38(34)25-28)15-11-17-40(42)45(39,7)8/h9-26H,1-8H3. The summed E-state index contributed by atoms with van der Waals surface area (Å²) in [5, 5.41) is 10.9. The fraction of sp³-hybridized carbons (Fsp3) is 0.244. The highest BCUT2D eigenvalue weighted by Crippen LogP contribution is 2.51. The van der Waals surface area contributed by atoms with Crippen LogP contribution in [0.3, 0.4) is 0 Å². The van der Waals surface area contributed by atoms with Crippen LogP contribution in [0.1, 0.15) is 77.6 Å². The number of hydrogen-bond donors (Lipinski definition) is 0. The van der Waals surface area contributed by atoms with Crippen molar-refractivity contribution in [2.24, 2.45) is 0 Å². The molecule has 0 N–H and O–H groups in total. The Morgan fingerprint density at radius 1 is 0.422 bits per heavy atom. The summed E-state index contributed by atoms with van der Waals surface area (Å²) in [6, 6.07) is 42.0. The van der Waals surface area contributed by atoms with Gasteiger partial charge in [-0.1, -0.05) is 146 Å². The summed E-state index contributed by atoms with van der Waals surface area (Å²) >= 11 is 0. The molecule has 1 aliphatic carbocycles. The zero-order valence-electron chi connectivity index (χ0n) is 27.9. The molecule has 0 heterocycles. The Morgan fingerprint density at radius 2 is 0.978 bits per heavy atom. The molecule has 0 amide bonds. The van der Waals surface area contributed by atoms with Crippen molar-refractivity contribution >= 4 is 43.1 Å². The van der Waals surface area contributed by atoms with Gasteiger partial charge in [-0.05, 0) is 117 Å². The smallest absolute Gasteiger partial charge is 0.0159 e. The predicted molar refractivity (Wildman–Crippen MR) is 197 cm³/mol. The average molecular weight is 583 g/mol. The molecule has 0 nitrogen and oxygen atoms in total. The highest BCUT2D eigenvalue weighted by molar-refractivity contribution is 6.29. The van der Waals surface area contributed by atoms with Crippen LogP contribution in [0.15, 0.2) is 109 Å². The maximum atomic E-state index is 2.43. The van der Waals surface area contributed by atoms with Crippen LogP contribution in [-0.2, 0) is 16.2 Å². The van der Waals surface area contributed by atoms with E-state index >= 15 is 0 Å². The minimum Gasteiger partial charge on any atom is -0.0613 e. The van der Waals surface area contributed by atoms with Gasteiger partial charge in [-0.3, -0.25) is 0 Å². The van der Waals surface area contributed by atoms with Gasteiger partial charge in [-0.2, -0.15) is 0 Å². The maximum absolute atomic E-state index is 2.43. The van der Waals surface area contributed by atoms with Crippen molar-refractivity contribution in [3.8, 4) is 22.3 Å². The molecule has 0 aromatic heterocycles. The molecular formula is C45H42. The lowest BCUT2D eigenvalue weighted by molar-refractivity contribution is 0.589. The van der Waals surface area contributed by atoms with Gasteiger partial charge < -0.3 is 0 Å². The monoisotopic (exact) mass is 582 g/mol. The maximum Gasteiger partial charge on any atom is 0.0159 e. The first-order valence-electron chi connectivity index (χ1n) is 16.4. The van der Waals surface area contributed by atoms with Crippen LogP contribution in [0.5, 0.6) is 0 Å². The number of rotatable bonds is 2. The van der Waals surface area contributed by atoms with Crippen molar-refractivity contribution in [3.05, 3.63) is 131 Å². The molecule has 0 saturated carbocycles. The zero-order valence-corrected chi connectivity index (χ0v) is 27.9. The molecule has 0 fully saturated rings. The van der Waals surface area contributed by atoms with E-state index in [1.54, 1.807) is 0 Å². The van der Waals surface area contributed by atoms with Gasteiger partial charge in [0.2, 0.25) is 0 Å². The molecule has 7 aromatic rings. The third-order valence-corrected chi connectivity index (χ3v) is 10.5. The average Bonchev–Trinajstić information content (AvgIpc) is 3.26. The van der Waals surface area contributed by atoms with E-state index in [1.165, 1.54) is 87.6 Å². The highest BCUT2D eigenvalue weighted by atomic mass is 14.4. The number of fused-ring (bicyclic) bond motifs is 4. The highest BCUT2D eigenvalue weighted by Gasteiger charge is 2.34. The Bertz CT molecular complexity index is 2340. The second-order valence-corrected chi connectivity index (χ2v) is 15.9. The van der Waals surface area contributed by atoms with Gasteiger partial charge in [-0.15, -0.1) is 0 Å². The Kier molecular flexibility index (Phi) is 5.80. The van der Waals surface area contributed by atoms with E-state index in [-0.39, 0.29) is 16.2 Å². The third-order valence-electron chi connectivity index (χ3n) is 10.5. The fourth-order valence-electron chi connectivity index (χ4n) is 7.83. The zero-order chi connectivity index (χ0) is 31.5. The van der Waals surface area contributed by atoms with E-state index < -0.39 is 0 Å². The Morgan fingerprint density at radius 3 is 1.64 bits per heavy atom. The SMILES string of the molecule is CC(C)(C)c1ccc2c(-c3cccc(-c4ccc5c(c4)c4cccc6c4c4c(cccc54)C6(C)C)c3)cc(C(C)(C)C)cc2c1. The Balaban J connectivity index is 1.34. The summed E-state index contributed by atoms with van der Waals surface area (Å²) in [4.78, 5) is 0. The van der Waals surface area contributed by atoms with Gasteiger partial charge in [0.05, 0.1) is 0 Å². The minimum absolute atomic E-state index is 0.00784. The Labute approximate surface area is 267 Å². The molecule has 0 radical (unpaired) electrons. The van der Waals surface area contributed by atoms with Crippen LogP contribution in [0, 0.1) is 0 Å². The summed E-state index contributed by atoms with van der Waals surface area (Å²) < 4.78 is 0. The van der Waals surface area contributed by atoms with Crippen molar-refractivity contribution in [1.29, 1.82) is 0 Å². The molecule has 222 valence electrons. The second kappa shape index (κ2) is 9.30. The first-order valence-corrected chi connectivity index (χ1v) is 16.4. The molecule has 0 heteroatoms. The first kappa shape index (κ1) is 28.1. The van der Waals surface area contributed by atoms with E-state index in [0.29, 0.717) is 0 Å². The lowest BCUT2D eigenvalue weighted by atomic mass is 9.81. The molecule has 0 spiro atoms. The van der Waals surface area contributed by atoms with E-state index in [2.05, 4.69) is 165 Å². The van der Waals surface area contributed by atoms with E-state index in [0.717, 1.165) is 0 Å². The van der Waals surface area contributed by atoms with Gasteiger partial charge >= 0.3 is 0 Å². The third kappa shape index (κ3) is 4.18. The van der Waals surface area contributed by atoms with Crippen molar-refractivity contribution in [3.63, 3.8) is 0 Å². The lowest BCUT2D eigenvalue weighted by Crippen LogP contribution is -2.14. The van der Waals surface area contributed by atoms with Crippen LogP contribution in [0.25, 0.3) is 65.3 Å². The van der Waals surface area contributed by atoms with Crippen LogP contribution < -0.4 is 0 Å². The molecule has 0 aliphatic heterocycles. The number of hydrogen-bond acceptors (Lipinski definition) is 0. The normalized spacial score (nSPS) is 14.4. The van der Waals surface area contributed by atoms with Gasteiger partial charge in [0.25, 0.3) is 0 Å². The van der Waals surface area contributed by atoms with Crippen molar-refractivity contribution in [1.82, 2.24) is 0 Å². The summed E-state index contributed by atoms with van der Waals surface area (Å²) in [7, 11) is 0. The molecule has 0 bridgehead atoms. The second-order valence-electron chi connectivity index (χ2n) is 15.9. The molecule has 0 unspecified atom stereocenters. The topological polar surface area (TPSA) is 0 Å². The summed E-state index contributed by atoms with van der Waals surface area (Å²) in [5.74, 6) is 0. The summed E-state index contributed by atoms with van der Waals surface area (Å²) in [6.07, 6.45) is 0. The predicted octanol–water partition coefficient (Wildman–Crippen LogP) is 12.9. The van der Waals surface area contributed by atoms with Crippen molar-refractivity contribution < 1.29 is 0 Å². The Hall–Kier alpha value is -4.42. The lowest BCUT2D eigenvalue weighted by Gasteiger charge is -2.24. The van der Waals surface area contributed by atoms with Gasteiger partial charge in [0, 0.05) is 5.41 Å². The van der Waals surface area contributed by atoms with E-state index in [4.69, 9.17) is 0 Å². The quantitative estimate of drug-likeness (QED) is 0.178. The summed E-state index contributed by atoms with van der Waals surface area (Å²) in [6.45, 7) is 18.6. The molecule has 0 saturated heterocycles. The molecule has 1 aliphatic rings. The van der Waals surface area contributed by atoms with E-state index in [1.807, 2.05) is 0 Å². The van der Waals surface area contributed by atoms with Gasteiger partial charge in [0.15, 0.2) is 0 Å². The molecule has 0 atom stereocenters. The molecule has 45 heavy (non-hydrogen) atoms. The molecule has 8 rings (SSSR count). The largest absolute Gasteiger partial charge is 0.0613 e. The van der Waals surface area contributed by atoms with Gasteiger partial charge in [0.1, 0.15) is 0 Å². The number of benzene rings is 7. The van der Waals surface area contributed by atoms with Crippen LogP contribution in [-0.4, -0.2) is 0 Å². The fourth-order valence-corrected chi connectivity index (χ4v) is 7.83. The molecule has 7 aromatic carbocycles. The summed E-state index contributed by atoms with van der Waals surface area (Å²) in [5.41, 5.74) is 10.9. The van der Waals surface area contributed by atoms with Crippen LogP contribution in [0.4, 0.5) is 0 Å².